The van der Waals surface area contributed by atoms with Gasteiger partial charge in [0.05, 0.1) is 0 Å². The zero-order chi connectivity index (χ0) is 17.2. The third kappa shape index (κ3) is 2.94. The maximum atomic E-state index is 12.4. The summed E-state index contributed by atoms with van der Waals surface area (Å²) in [7, 11) is 0. The van der Waals surface area contributed by atoms with Gasteiger partial charge in [0, 0.05) is 29.7 Å². The average Bonchev–Trinajstić information content (AvgIpc) is 3.12. The van der Waals surface area contributed by atoms with Gasteiger partial charge in [-0.25, -0.2) is 4.98 Å². The van der Waals surface area contributed by atoms with Crippen LogP contribution >= 0.6 is 0 Å². The lowest BCUT2D eigenvalue weighted by Crippen LogP contribution is -2.11. The Balaban J connectivity index is 1.70. The van der Waals surface area contributed by atoms with Crippen LogP contribution in [-0.4, -0.2) is 25.1 Å². The number of pyridine rings is 1. The summed E-state index contributed by atoms with van der Waals surface area (Å²) in [5, 5.41) is 3.92. The summed E-state index contributed by atoms with van der Waals surface area (Å²) < 4.78 is 5.22. The monoisotopic (exact) mass is 331 g/mol. The molecule has 0 aliphatic rings. The van der Waals surface area contributed by atoms with Gasteiger partial charge in [-0.05, 0) is 18.6 Å². The van der Waals surface area contributed by atoms with Crippen LogP contribution in [0.15, 0.2) is 64.3 Å². The smallest absolute Gasteiger partial charge is 0.265 e. The fourth-order valence-electron chi connectivity index (χ4n) is 2.42. The molecule has 3 heterocycles. The third-order valence-corrected chi connectivity index (χ3v) is 3.64. The average molecular weight is 331 g/mol. The lowest BCUT2D eigenvalue weighted by molar-refractivity contribution is 0.431. The molecule has 0 fully saturated rings. The first-order chi connectivity index (χ1) is 12.2. The molecule has 3 aromatic heterocycles. The highest BCUT2D eigenvalue weighted by Crippen LogP contribution is 2.20. The number of aromatic amines is 1. The zero-order valence-corrected chi connectivity index (χ0v) is 13.3. The molecular formula is C18H13N5O2. The molecule has 0 amide bonds. The molecule has 1 N–H and O–H groups in total. The van der Waals surface area contributed by atoms with Gasteiger partial charge < -0.3 is 9.51 Å². The second-order valence-electron chi connectivity index (χ2n) is 5.51. The molecule has 4 rings (SSSR count). The fourth-order valence-corrected chi connectivity index (χ4v) is 2.42. The van der Waals surface area contributed by atoms with E-state index in [2.05, 4.69) is 25.1 Å². The van der Waals surface area contributed by atoms with Gasteiger partial charge in [0.2, 0.25) is 5.82 Å². The van der Waals surface area contributed by atoms with E-state index in [-0.39, 0.29) is 17.0 Å². The van der Waals surface area contributed by atoms with Crippen LogP contribution in [0.3, 0.4) is 0 Å². The Morgan fingerprint density at radius 1 is 1.04 bits per heavy atom. The lowest BCUT2D eigenvalue weighted by Gasteiger charge is -2.00. The van der Waals surface area contributed by atoms with Crippen molar-refractivity contribution in [3.63, 3.8) is 0 Å². The predicted molar refractivity (Wildman–Crippen MR) is 91.6 cm³/mol. The van der Waals surface area contributed by atoms with Gasteiger partial charge in [0.15, 0.2) is 0 Å². The van der Waals surface area contributed by atoms with Crippen LogP contribution in [-0.2, 0) is 0 Å². The van der Waals surface area contributed by atoms with E-state index in [4.69, 9.17) is 4.52 Å². The summed E-state index contributed by atoms with van der Waals surface area (Å²) in [5.74, 6) is 0.972. The van der Waals surface area contributed by atoms with Crippen molar-refractivity contribution in [2.45, 2.75) is 6.92 Å². The molecule has 0 unspecified atom stereocenters. The molecule has 4 aromatic rings. The van der Waals surface area contributed by atoms with E-state index >= 15 is 0 Å². The van der Waals surface area contributed by atoms with E-state index < -0.39 is 0 Å². The maximum Gasteiger partial charge on any atom is 0.265 e. The molecule has 0 bridgehead atoms. The minimum Gasteiger partial charge on any atom is -0.333 e. The summed E-state index contributed by atoms with van der Waals surface area (Å²) >= 11 is 0. The van der Waals surface area contributed by atoms with Crippen LogP contribution in [0.1, 0.15) is 5.56 Å². The fraction of sp³-hybridized carbons (Fsp3) is 0.0556. The van der Waals surface area contributed by atoms with Crippen LogP contribution in [0.4, 0.5) is 0 Å². The molecule has 7 nitrogen and oxygen atoms in total. The van der Waals surface area contributed by atoms with E-state index in [1.54, 1.807) is 12.4 Å². The van der Waals surface area contributed by atoms with Crippen molar-refractivity contribution < 1.29 is 4.52 Å². The normalized spacial score (nSPS) is 10.8. The molecular weight excluding hydrogens is 318 g/mol. The first-order valence-electron chi connectivity index (χ1n) is 7.61. The van der Waals surface area contributed by atoms with Crippen molar-refractivity contribution in [2.75, 3.05) is 0 Å². The van der Waals surface area contributed by atoms with Gasteiger partial charge in [0.25, 0.3) is 11.4 Å². The predicted octanol–water partition coefficient (Wildman–Crippen LogP) is 2.86. The number of benzene rings is 1. The number of rotatable bonds is 3. The van der Waals surface area contributed by atoms with Gasteiger partial charge in [-0.1, -0.05) is 35.5 Å². The topological polar surface area (TPSA) is 97.6 Å². The number of aromatic nitrogens is 5. The number of hydrogen-bond donors (Lipinski definition) is 1. The summed E-state index contributed by atoms with van der Waals surface area (Å²) in [6.45, 7) is 1.93. The van der Waals surface area contributed by atoms with Crippen LogP contribution in [0.25, 0.3) is 34.2 Å². The van der Waals surface area contributed by atoms with E-state index in [0.717, 1.165) is 16.7 Å². The highest BCUT2D eigenvalue weighted by atomic mass is 16.5. The molecule has 25 heavy (non-hydrogen) atoms. The van der Waals surface area contributed by atoms with Crippen molar-refractivity contribution in [1.29, 1.82) is 0 Å². The Hall–Kier alpha value is -3.61. The Bertz CT molecular complexity index is 1090. The number of nitrogens with zero attached hydrogens (tertiary/aromatic N) is 4. The SMILES string of the molecule is Cc1cncc(-c2noc(-c3cnc(-c4ccccc4)[nH]c3=O)n2)c1. The van der Waals surface area contributed by atoms with Gasteiger partial charge in [-0.2, -0.15) is 4.98 Å². The first kappa shape index (κ1) is 14.9. The lowest BCUT2D eigenvalue weighted by atomic mass is 10.2. The largest absolute Gasteiger partial charge is 0.333 e. The molecule has 0 atom stereocenters. The van der Waals surface area contributed by atoms with E-state index in [0.29, 0.717) is 11.6 Å². The number of H-pyrrole nitrogens is 1. The number of nitrogens with one attached hydrogen (secondary N) is 1. The highest BCUT2D eigenvalue weighted by Gasteiger charge is 2.15. The van der Waals surface area contributed by atoms with Crippen molar-refractivity contribution in [1.82, 2.24) is 25.1 Å². The van der Waals surface area contributed by atoms with Crippen molar-refractivity contribution in [3.8, 4) is 34.2 Å². The molecule has 0 aliphatic carbocycles. The molecule has 0 radical (unpaired) electrons. The van der Waals surface area contributed by atoms with E-state index in [9.17, 15) is 4.79 Å². The minimum absolute atomic E-state index is 0.116. The van der Waals surface area contributed by atoms with E-state index in [1.807, 2.05) is 43.3 Å². The number of aryl methyl sites for hydroxylation is 1. The van der Waals surface area contributed by atoms with Crippen molar-refractivity contribution in [2.24, 2.45) is 0 Å². The summed E-state index contributed by atoms with van der Waals surface area (Å²) in [6.07, 6.45) is 4.82. The molecule has 0 saturated carbocycles. The Kier molecular flexibility index (Phi) is 3.66. The molecule has 122 valence electrons. The summed E-state index contributed by atoms with van der Waals surface area (Å²) in [5.41, 5.74) is 2.41. The van der Waals surface area contributed by atoms with Crippen LogP contribution in [0.2, 0.25) is 0 Å². The van der Waals surface area contributed by atoms with Gasteiger partial charge in [-0.15, -0.1) is 0 Å². The molecule has 0 saturated heterocycles. The van der Waals surface area contributed by atoms with Gasteiger partial charge in [-0.3, -0.25) is 9.78 Å². The van der Waals surface area contributed by atoms with E-state index in [1.165, 1.54) is 6.20 Å². The van der Waals surface area contributed by atoms with Crippen molar-refractivity contribution in [3.05, 3.63) is 70.9 Å². The van der Waals surface area contributed by atoms with Gasteiger partial charge in [0.1, 0.15) is 11.4 Å². The highest BCUT2D eigenvalue weighted by molar-refractivity contribution is 5.60. The Morgan fingerprint density at radius 3 is 2.64 bits per heavy atom. The second-order valence-corrected chi connectivity index (χ2v) is 5.51. The van der Waals surface area contributed by atoms with Gasteiger partial charge >= 0.3 is 0 Å². The second kappa shape index (κ2) is 6.12. The Morgan fingerprint density at radius 2 is 1.88 bits per heavy atom. The first-order valence-corrected chi connectivity index (χ1v) is 7.61. The van der Waals surface area contributed by atoms with Crippen LogP contribution in [0.5, 0.6) is 0 Å². The maximum absolute atomic E-state index is 12.4. The molecule has 0 aliphatic heterocycles. The quantitative estimate of drug-likeness (QED) is 0.620. The molecule has 1 aromatic carbocycles. The molecule has 7 heteroatoms. The summed E-state index contributed by atoms with van der Waals surface area (Å²) in [6, 6.07) is 11.3. The standard InChI is InChI=1S/C18H13N5O2/c1-11-7-13(9-19-8-11)16-22-18(25-23-16)14-10-20-15(21-17(14)24)12-5-3-2-4-6-12/h2-10H,1H3,(H,20,21,24). The Labute approximate surface area is 142 Å². The third-order valence-electron chi connectivity index (χ3n) is 3.64. The number of hydrogen-bond acceptors (Lipinski definition) is 6. The molecule has 0 spiro atoms. The minimum atomic E-state index is -0.341. The van der Waals surface area contributed by atoms with Crippen molar-refractivity contribution >= 4 is 0 Å². The zero-order valence-electron chi connectivity index (χ0n) is 13.3. The van der Waals surface area contributed by atoms with Crippen LogP contribution < -0.4 is 5.56 Å². The summed E-state index contributed by atoms with van der Waals surface area (Å²) in [4.78, 5) is 27.8. The van der Waals surface area contributed by atoms with Crippen LogP contribution in [0, 0.1) is 6.92 Å².